The van der Waals surface area contributed by atoms with E-state index in [1.54, 1.807) is 0 Å². The van der Waals surface area contributed by atoms with E-state index < -0.39 is 5.82 Å². The molecule has 1 aromatic carbocycles. The molecule has 0 spiro atoms. The molecule has 2 rings (SSSR count). The van der Waals surface area contributed by atoms with Gasteiger partial charge in [0.2, 0.25) is 0 Å². The molecule has 1 N–H and O–H groups in total. The van der Waals surface area contributed by atoms with Crippen LogP contribution in [0.1, 0.15) is 36.0 Å². The minimum Gasteiger partial charge on any atom is -0.496 e. The lowest BCUT2D eigenvalue weighted by Gasteiger charge is -2.12. The van der Waals surface area contributed by atoms with Crippen LogP contribution in [0.3, 0.4) is 0 Å². The molecular formula is C14H18FNO2. The number of ketones is 1. The highest BCUT2D eigenvalue weighted by Gasteiger charge is 2.18. The van der Waals surface area contributed by atoms with Gasteiger partial charge in [0.25, 0.3) is 0 Å². The monoisotopic (exact) mass is 251 g/mol. The molecule has 0 atom stereocenters. The number of nitrogens with one attached hydrogen (secondary N) is 1. The van der Waals surface area contributed by atoms with E-state index in [0.29, 0.717) is 17.4 Å². The molecule has 0 heterocycles. The predicted octanol–water partition coefficient (Wildman–Crippen LogP) is 2.55. The Hall–Kier alpha value is -1.42. The van der Waals surface area contributed by atoms with Crippen molar-refractivity contribution in [2.45, 2.75) is 31.7 Å². The Morgan fingerprint density at radius 2 is 2.17 bits per heavy atom. The van der Waals surface area contributed by atoms with Gasteiger partial charge < -0.3 is 10.1 Å². The van der Waals surface area contributed by atoms with Crippen LogP contribution >= 0.6 is 0 Å². The summed E-state index contributed by atoms with van der Waals surface area (Å²) in [6.45, 7) is 0.241. The third kappa shape index (κ3) is 3.07. The zero-order chi connectivity index (χ0) is 13.0. The van der Waals surface area contributed by atoms with E-state index in [1.165, 1.54) is 38.2 Å². The van der Waals surface area contributed by atoms with Crippen LogP contribution in [-0.2, 0) is 0 Å². The smallest absolute Gasteiger partial charge is 0.180 e. The number of hydrogen-bond acceptors (Lipinski definition) is 3. The molecule has 1 aliphatic rings. The molecule has 98 valence electrons. The topological polar surface area (TPSA) is 38.3 Å². The normalized spacial score (nSPS) is 15.9. The van der Waals surface area contributed by atoms with Crippen molar-refractivity contribution in [2.24, 2.45) is 0 Å². The summed E-state index contributed by atoms with van der Waals surface area (Å²) in [7, 11) is 1.48. The largest absolute Gasteiger partial charge is 0.496 e. The number of methoxy groups -OCH3 is 1. The third-order valence-corrected chi connectivity index (χ3v) is 3.37. The number of ether oxygens (including phenoxy) is 1. The van der Waals surface area contributed by atoms with E-state index in [9.17, 15) is 9.18 Å². The molecular weight excluding hydrogens is 233 g/mol. The van der Waals surface area contributed by atoms with Crippen LogP contribution in [0.2, 0.25) is 0 Å². The fourth-order valence-corrected chi connectivity index (χ4v) is 2.36. The molecule has 0 saturated heterocycles. The summed E-state index contributed by atoms with van der Waals surface area (Å²) in [4.78, 5) is 12.0. The fraction of sp³-hybridized carbons (Fsp3) is 0.500. The molecule has 0 radical (unpaired) electrons. The van der Waals surface area contributed by atoms with Crippen molar-refractivity contribution < 1.29 is 13.9 Å². The zero-order valence-corrected chi connectivity index (χ0v) is 10.5. The van der Waals surface area contributed by atoms with Gasteiger partial charge in [0, 0.05) is 6.04 Å². The van der Waals surface area contributed by atoms with Crippen LogP contribution in [0.25, 0.3) is 0 Å². The Kier molecular flexibility index (Phi) is 4.31. The Bertz CT molecular complexity index is 428. The quantitative estimate of drug-likeness (QED) is 0.817. The van der Waals surface area contributed by atoms with Gasteiger partial charge in [0.1, 0.15) is 11.6 Å². The van der Waals surface area contributed by atoms with Gasteiger partial charge in [-0.1, -0.05) is 12.8 Å². The zero-order valence-electron chi connectivity index (χ0n) is 10.5. The Labute approximate surface area is 106 Å². The minimum atomic E-state index is -0.417. The second-order valence-electron chi connectivity index (χ2n) is 4.63. The van der Waals surface area contributed by atoms with Gasteiger partial charge >= 0.3 is 0 Å². The second kappa shape index (κ2) is 5.96. The lowest BCUT2D eigenvalue weighted by molar-refractivity contribution is 0.0984. The standard InChI is InChI=1S/C14H18FNO2/c1-18-14-7-6-10(15)8-12(14)13(17)9-16-11-4-2-3-5-11/h6-8,11,16H,2-5,9H2,1H3. The number of benzene rings is 1. The molecule has 1 fully saturated rings. The van der Waals surface area contributed by atoms with Crippen molar-refractivity contribution in [3.8, 4) is 5.75 Å². The number of carbonyl (C=O) groups is 1. The average molecular weight is 251 g/mol. The SMILES string of the molecule is COc1ccc(F)cc1C(=O)CNC1CCCC1. The lowest BCUT2D eigenvalue weighted by Crippen LogP contribution is -2.31. The maximum atomic E-state index is 13.2. The van der Waals surface area contributed by atoms with Crippen molar-refractivity contribution in [2.75, 3.05) is 13.7 Å². The van der Waals surface area contributed by atoms with Crippen LogP contribution in [0.5, 0.6) is 5.75 Å². The first-order valence-corrected chi connectivity index (χ1v) is 6.31. The van der Waals surface area contributed by atoms with Crippen molar-refractivity contribution >= 4 is 5.78 Å². The summed E-state index contributed by atoms with van der Waals surface area (Å²) in [5, 5.41) is 3.22. The van der Waals surface area contributed by atoms with Crippen molar-refractivity contribution in [3.05, 3.63) is 29.6 Å². The van der Waals surface area contributed by atoms with Gasteiger partial charge in [0.15, 0.2) is 5.78 Å². The van der Waals surface area contributed by atoms with Crippen LogP contribution in [0, 0.1) is 5.82 Å². The van der Waals surface area contributed by atoms with E-state index in [1.807, 2.05) is 0 Å². The number of Topliss-reactive ketones (excluding diaryl/α,β-unsaturated/α-hetero) is 1. The van der Waals surface area contributed by atoms with Crippen molar-refractivity contribution in [3.63, 3.8) is 0 Å². The van der Waals surface area contributed by atoms with Crippen LogP contribution in [-0.4, -0.2) is 25.5 Å². The van der Waals surface area contributed by atoms with E-state index in [2.05, 4.69) is 5.32 Å². The molecule has 18 heavy (non-hydrogen) atoms. The summed E-state index contributed by atoms with van der Waals surface area (Å²) in [6.07, 6.45) is 4.67. The van der Waals surface area contributed by atoms with Gasteiger partial charge in [-0.2, -0.15) is 0 Å². The van der Waals surface area contributed by atoms with Gasteiger partial charge in [-0.15, -0.1) is 0 Å². The van der Waals surface area contributed by atoms with Gasteiger partial charge in [-0.05, 0) is 31.0 Å². The molecule has 3 nitrogen and oxygen atoms in total. The first-order valence-electron chi connectivity index (χ1n) is 6.31. The van der Waals surface area contributed by atoms with Crippen molar-refractivity contribution in [1.82, 2.24) is 5.32 Å². The Balaban J connectivity index is 2.00. The van der Waals surface area contributed by atoms with Crippen molar-refractivity contribution in [1.29, 1.82) is 0 Å². The van der Waals surface area contributed by atoms with Gasteiger partial charge in [-0.25, -0.2) is 4.39 Å². The summed E-state index contributed by atoms with van der Waals surface area (Å²) in [5.74, 6) is -0.118. The fourth-order valence-electron chi connectivity index (χ4n) is 2.36. The molecule has 0 amide bonds. The van der Waals surface area contributed by atoms with E-state index >= 15 is 0 Å². The highest BCUT2D eigenvalue weighted by molar-refractivity contribution is 6.00. The van der Waals surface area contributed by atoms with E-state index in [-0.39, 0.29) is 12.3 Å². The number of hydrogen-bond donors (Lipinski definition) is 1. The molecule has 0 bridgehead atoms. The molecule has 0 unspecified atom stereocenters. The van der Waals surface area contributed by atoms with Gasteiger partial charge in [-0.3, -0.25) is 4.79 Å². The summed E-state index contributed by atoms with van der Waals surface area (Å²) in [6, 6.07) is 4.43. The lowest BCUT2D eigenvalue weighted by atomic mass is 10.1. The maximum absolute atomic E-state index is 13.2. The van der Waals surface area contributed by atoms with Crippen LogP contribution in [0.15, 0.2) is 18.2 Å². The predicted molar refractivity (Wildman–Crippen MR) is 67.5 cm³/mol. The average Bonchev–Trinajstić information content (AvgIpc) is 2.89. The Morgan fingerprint density at radius 1 is 1.44 bits per heavy atom. The summed E-state index contributed by atoms with van der Waals surface area (Å²) >= 11 is 0. The molecule has 1 aliphatic carbocycles. The Morgan fingerprint density at radius 3 is 2.83 bits per heavy atom. The second-order valence-corrected chi connectivity index (χ2v) is 4.63. The number of rotatable bonds is 5. The van der Waals surface area contributed by atoms with E-state index in [0.717, 1.165) is 12.8 Å². The first-order chi connectivity index (χ1) is 8.70. The number of halogens is 1. The van der Waals surface area contributed by atoms with E-state index in [4.69, 9.17) is 4.74 Å². The maximum Gasteiger partial charge on any atom is 0.180 e. The van der Waals surface area contributed by atoms with Gasteiger partial charge in [0.05, 0.1) is 19.2 Å². The molecule has 1 aromatic rings. The van der Waals surface area contributed by atoms with Crippen LogP contribution in [0.4, 0.5) is 4.39 Å². The third-order valence-electron chi connectivity index (χ3n) is 3.37. The first kappa shape index (κ1) is 13.0. The van der Waals surface area contributed by atoms with Crippen LogP contribution < -0.4 is 10.1 Å². The number of carbonyl (C=O) groups excluding carboxylic acids is 1. The highest BCUT2D eigenvalue weighted by atomic mass is 19.1. The summed E-state index contributed by atoms with van der Waals surface area (Å²) < 4.78 is 18.2. The molecule has 1 saturated carbocycles. The summed E-state index contributed by atoms with van der Waals surface area (Å²) in [5.41, 5.74) is 0.308. The minimum absolute atomic E-state index is 0.127. The highest BCUT2D eigenvalue weighted by Crippen LogP contribution is 2.21. The molecule has 4 heteroatoms. The molecule has 0 aromatic heterocycles. The molecule has 0 aliphatic heterocycles.